The molecule has 0 aromatic heterocycles. The van der Waals surface area contributed by atoms with Crippen molar-refractivity contribution < 1.29 is 55.8 Å². The van der Waals surface area contributed by atoms with Gasteiger partial charge in [0.2, 0.25) is 0 Å². The summed E-state index contributed by atoms with van der Waals surface area (Å²) in [5, 5.41) is 0. The quantitative estimate of drug-likeness (QED) is 0.424. The van der Waals surface area contributed by atoms with Crippen molar-refractivity contribution in [3.63, 3.8) is 0 Å². The third kappa shape index (κ3) is 2.82. The molecule has 0 unspecified atom stereocenters. The second kappa shape index (κ2) is 7.33. The van der Waals surface area contributed by atoms with Crippen molar-refractivity contribution in [1.29, 1.82) is 0 Å². The van der Waals surface area contributed by atoms with Gasteiger partial charge in [0.25, 0.3) is 0 Å². The molecule has 0 aliphatic heterocycles. The first-order chi connectivity index (χ1) is 7.40. The van der Waals surface area contributed by atoms with Gasteiger partial charge in [-0.1, -0.05) is 35.4 Å². The van der Waals surface area contributed by atoms with Gasteiger partial charge in [0.15, 0.2) is 0 Å². The molecule has 1 nitrogen and oxygen atoms in total. The maximum Gasteiger partial charge on any atom is 3.00 e. The van der Waals surface area contributed by atoms with Crippen molar-refractivity contribution >= 4 is 0 Å². The average Bonchev–Trinajstić information content (AvgIpc) is 2.67. The molecule has 91 valence electrons. The molecule has 0 amide bonds. The van der Waals surface area contributed by atoms with Gasteiger partial charge in [-0.05, 0) is 12.0 Å². The summed E-state index contributed by atoms with van der Waals surface area (Å²) in [6, 6.07) is 15.7. The number of hydrogen-bond acceptors (Lipinski definition) is 1. The molecule has 0 saturated heterocycles. The molecule has 18 heavy (non-hydrogen) atoms. The zero-order chi connectivity index (χ0) is 10.3. The summed E-state index contributed by atoms with van der Waals surface area (Å²) in [6.07, 6.45) is 0.975. The fraction of sp³-hybridized carbons (Fsp3) is 0.143. The van der Waals surface area contributed by atoms with Crippen LogP contribution in [0.3, 0.4) is 0 Å². The number of fused-ring (bicyclic) bond motifs is 3. The van der Waals surface area contributed by atoms with Gasteiger partial charge in [-0.15, -0.1) is 11.6 Å². The molecular formula is C14H11Cl2OZr. The van der Waals surface area contributed by atoms with Crippen molar-refractivity contribution in [3.8, 4) is 16.9 Å². The molecule has 0 saturated carbocycles. The fourth-order valence-corrected chi connectivity index (χ4v) is 2.24. The van der Waals surface area contributed by atoms with E-state index in [4.69, 9.17) is 4.74 Å². The fourth-order valence-electron chi connectivity index (χ4n) is 2.24. The van der Waals surface area contributed by atoms with Crippen LogP contribution in [-0.2, 0) is 32.6 Å². The van der Waals surface area contributed by atoms with Gasteiger partial charge >= 0.3 is 26.2 Å². The third-order valence-electron chi connectivity index (χ3n) is 2.91. The van der Waals surface area contributed by atoms with Crippen molar-refractivity contribution in [2.24, 2.45) is 0 Å². The first kappa shape index (κ1) is 17.7. The van der Waals surface area contributed by atoms with Crippen molar-refractivity contribution in [2.75, 3.05) is 7.11 Å². The van der Waals surface area contributed by atoms with Crippen LogP contribution >= 0.6 is 0 Å². The van der Waals surface area contributed by atoms with Crippen LogP contribution in [0.5, 0.6) is 5.75 Å². The Morgan fingerprint density at radius 2 is 1.83 bits per heavy atom. The molecule has 3 rings (SSSR count). The van der Waals surface area contributed by atoms with Gasteiger partial charge in [0, 0.05) is 5.75 Å². The minimum absolute atomic E-state index is 0. The summed E-state index contributed by atoms with van der Waals surface area (Å²) in [5.41, 5.74) is 5.13. The molecule has 0 bridgehead atoms. The molecule has 0 heterocycles. The van der Waals surface area contributed by atoms with Gasteiger partial charge in [0.1, 0.15) is 0 Å². The van der Waals surface area contributed by atoms with Crippen LogP contribution in [0.1, 0.15) is 11.1 Å². The van der Waals surface area contributed by atoms with Crippen LogP contribution in [0.4, 0.5) is 0 Å². The van der Waals surface area contributed by atoms with Crippen molar-refractivity contribution in [3.05, 3.63) is 53.6 Å². The smallest absolute Gasteiger partial charge is 1.00 e. The Morgan fingerprint density at radius 1 is 1.11 bits per heavy atom. The van der Waals surface area contributed by atoms with E-state index < -0.39 is 0 Å². The van der Waals surface area contributed by atoms with Gasteiger partial charge in [0.05, 0.1) is 7.11 Å². The van der Waals surface area contributed by atoms with E-state index >= 15 is 0 Å². The van der Waals surface area contributed by atoms with Gasteiger partial charge in [-0.25, -0.2) is 0 Å². The number of benzene rings is 2. The van der Waals surface area contributed by atoms with E-state index in [1.165, 1.54) is 22.3 Å². The Kier molecular flexibility index (Phi) is 7.21. The molecule has 0 fully saturated rings. The first-order valence-electron chi connectivity index (χ1n) is 5.06. The SMILES string of the molecule is COc1cc[c-]c2c1-c1ccccc1C2.[Cl-].[Cl-].[Zr+3]. The predicted octanol–water partition coefficient (Wildman–Crippen LogP) is -2.93. The van der Waals surface area contributed by atoms with Crippen LogP contribution in [0, 0.1) is 6.07 Å². The summed E-state index contributed by atoms with van der Waals surface area (Å²) in [6.45, 7) is 0. The molecule has 4 heteroatoms. The Labute approximate surface area is 139 Å². The van der Waals surface area contributed by atoms with Gasteiger partial charge in [-0.2, -0.15) is 12.1 Å². The van der Waals surface area contributed by atoms with E-state index in [1.807, 2.05) is 12.1 Å². The van der Waals surface area contributed by atoms with Gasteiger partial charge < -0.3 is 29.6 Å². The molecule has 0 spiro atoms. The summed E-state index contributed by atoms with van der Waals surface area (Å²) in [4.78, 5) is 0. The third-order valence-corrected chi connectivity index (χ3v) is 2.91. The minimum Gasteiger partial charge on any atom is -1.00 e. The zero-order valence-corrected chi connectivity index (χ0v) is 13.8. The van der Waals surface area contributed by atoms with E-state index in [-0.39, 0.29) is 51.0 Å². The summed E-state index contributed by atoms with van der Waals surface area (Å²) in [5.74, 6) is 0.952. The van der Waals surface area contributed by atoms with Crippen LogP contribution in [0.15, 0.2) is 36.4 Å². The number of halogens is 2. The molecule has 2 aromatic rings. The van der Waals surface area contributed by atoms with Gasteiger partial charge in [-0.3, -0.25) is 0 Å². The number of rotatable bonds is 1. The Balaban J connectivity index is 0.000000963. The first-order valence-corrected chi connectivity index (χ1v) is 5.06. The van der Waals surface area contributed by atoms with Crippen LogP contribution in [-0.4, -0.2) is 7.11 Å². The standard InChI is InChI=1S/C14H11O.2ClH.Zr/c1-15-13-8-4-6-11-9-10-5-2-3-7-12(10)14(11)13;;;/h2-5,7-8H,9H2,1H3;2*1H;/q-1;;;+3/p-2. The summed E-state index contributed by atoms with van der Waals surface area (Å²) >= 11 is 0. The molecule has 2 aromatic carbocycles. The zero-order valence-electron chi connectivity index (χ0n) is 9.84. The summed E-state index contributed by atoms with van der Waals surface area (Å²) < 4.78 is 5.39. The second-order valence-electron chi connectivity index (χ2n) is 3.73. The predicted molar refractivity (Wildman–Crippen MR) is 60.1 cm³/mol. The topological polar surface area (TPSA) is 9.23 Å². The number of ether oxygens (including phenoxy) is 1. The summed E-state index contributed by atoms with van der Waals surface area (Å²) in [7, 11) is 1.72. The van der Waals surface area contributed by atoms with Crippen LogP contribution < -0.4 is 29.6 Å². The molecule has 1 aliphatic carbocycles. The van der Waals surface area contributed by atoms with Crippen LogP contribution in [0.2, 0.25) is 0 Å². The molecular weight excluding hydrogens is 346 g/mol. The largest absolute Gasteiger partial charge is 3.00 e. The van der Waals surface area contributed by atoms with E-state index in [1.54, 1.807) is 7.11 Å². The van der Waals surface area contributed by atoms with E-state index in [0.29, 0.717) is 0 Å². The van der Waals surface area contributed by atoms with Crippen molar-refractivity contribution in [1.82, 2.24) is 0 Å². The van der Waals surface area contributed by atoms with E-state index in [2.05, 4.69) is 30.3 Å². The molecule has 1 aliphatic rings. The van der Waals surface area contributed by atoms with Crippen molar-refractivity contribution in [2.45, 2.75) is 6.42 Å². The minimum atomic E-state index is 0. The normalized spacial score (nSPS) is 10.1. The maximum absolute atomic E-state index is 5.39. The molecule has 0 atom stereocenters. The molecule has 1 radical (unpaired) electrons. The average molecular weight is 357 g/mol. The monoisotopic (exact) mass is 355 g/mol. The molecule has 0 N–H and O–H groups in total. The van der Waals surface area contributed by atoms with E-state index in [9.17, 15) is 0 Å². The van der Waals surface area contributed by atoms with Crippen LogP contribution in [0.25, 0.3) is 11.1 Å². The maximum atomic E-state index is 5.39. The Bertz CT molecular complexity index is 529. The van der Waals surface area contributed by atoms with E-state index in [0.717, 1.165) is 12.2 Å². The number of methoxy groups -OCH3 is 1. The number of hydrogen-bond donors (Lipinski definition) is 0. The second-order valence-corrected chi connectivity index (χ2v) is 3.73. The Morgan fingerprint density at radius 3 is 2.56 bits per heavy atom. The Hall–Kier alpha value is -0.297.